The third kappa shape index (κ3) is 4.08. The standard InChI is InChI=1S/C14H8B7BrFN5O3S/c15-4-5(16)9(6(17)7(22)8(4)23)26-11(24)10-12(28-31-27-10)25-3-1-13(18,19)32(29,30)14(20,21)2-3/h3H,1-2H2,(H2,24,26)(H,25,28). The van der Waals surface area contributed by atoms with Crippen molar-refractivity contribution in [3.8, 4) is 0 Å². The molecule has 0 bridgehead atoms. The normalized spacial score (nSPS) is 20.1. The van der Waals surface area contributed by atoms with Gasteiger partial charge in [-0.25, -0.2) is 22.4 Å². The predicted octanol–water partition coefficient (Wildman–Crippen LogP) is -3.64. The summed E-state index contributed by atoms with van der Waals surface area (Å²) in [5, 5.41) is 10.2. The van der Waals surface area contributed by atoms with E-state index in [-0.39, 0.29) is 56.7 Å². The van der Waals surface area contributed by atoms with E-state index in [2.05, 4.69) is 36.6 Å². The number of nitrogens with two attached hydrogens (primary N) is 1. The van der Waals surface area contributed by atoms with Gasteiger partial charge in [-0.3, -0.25) is 0 Å². The van der Waals surface area contributed by atoms with Gasteiger partial charge in [0.2, 0.25) is 5.82 Å². The molecule has 1 aliphatic heterocycles. The summed E-state index contributed by atoms with van der Waals surface area (Å²) in [5.74, 6) is -1.19. The minimum absolute atomic E-state index is 0.0477. The van der Waals surface area contributed by atoms with Gasteiger partial charge in [-0.15, -0.1) is 0 Å². The van der Waals surface area contributed by atoms with E-state index in [4.69, 9.17) is 65.3 Å². The fraction of sp³-hybridized carbons (Fsp3) is 0.357. The van der Waals surface area contributed by atoms with E-state index >= 15 is 0 Å². The van der Waals surface area contributed by atoms with Crippen molar-refractivity contribution < 1.29 is 17.4 Å². The van der Waals surface area contributed by atoms with Gasteiger partial charge >= 0.3 is 0 Å². The van der Waals surface area contributed by atoms with Crippen molar-refractivity contribution in [2.75, 3.05) is 5.32 Å². The maximum absolute atomic E-state index is 14.0. The molecule has 32 heavy (non-hydrogen) atoms. The monoisotopic (exact) mass is 501 g/mol. The Morgan fingerprint density at radius 2 is 1.69 bits per heavy atom. The van der Waals surface area contributed by atoms with Crippen molar-refractivity contribution in [2.24, 2.45) is 10.7 Å². The van der Waals surface area contributed by atoms with Crippen LogP contribution in [0.1, 0.15) is 18.5 Å². The average molecular weight is 501 g/mol. The number of aromatic nitrogens is 2. The fourth-order valence-corrected chi connectivity index (χ4v) is 5.14. The summed E-state index contributed by atoms with van der Waals surface area (Å²) < 4.78 is 38.8. The van der Waals surface area contributed by atoms with Gasteiger partial charge in [-0.2, -0.15) is 0 Å². The second kappa shape index (κ2) is 8.34. The first-order valence-electron chi connectivity index (χ1n) is 8.75. The van der Waals surface area contributed by atoms with Crippen molar-refractivity contribution in [3.63, 3.8) is 0 Å². The second-order valence-electron chi connectivity index (χ2n) is 7.34. The SMILES string of the molecule is [B]c1c([B])c(N=C(N)c2nonc2NC2CC([B])([B])S(=O)(=O)C([B])([B])C2)c([B])c(Br)c1F. The summed E-state index contributed by atoms with van der Waals surface area (Å²) >= 11 is 2.96. The second-order valence-corrected chi connectivity index (χ2v) is 10.7. The molecule has 18 heteroatoms. The summed E-state index contributed by atoms with van der Waals surface area (Å²) in [7, 11) is 36.0. The lowest BCUT2D eigenvalue weighted by atomic mass is 9.60. The van der Waals surface area contributed by atoms with Gasteiger partial charge in [0.1, 0.15) is 39.2 Å². The quantitative estimate of drug-likeness (QED) is 0.252. The van der Waals surface area contributed by atoms with Crippen LogP contribution in [0.2, 0.25) is 0 Å². The molecule has 0 amide bonds. The van der Waals surface area contributed by atoms with Crippen LogP contribution in [0.3, 0.4) is 0 Å². The summed E-state index contributed by atoms with van der Waals surface area (Å²) in [6.07, 6.45) is -0.535. The zero-order valence-corrected chi connectivity index (χ0v) is 18.7. The Kier molecular flexibility index (Phi) is 6.54. The van der Waals surface area contributed by atoms with Crippen LogP contribution in [0.5, 0.6) is 0 Å². The van der Waals surface area contributed by atoms with E-state index in [0.29, 0.717) is 0 Å². The molecule has 2 heterocycles. The lowest BCUT2D eigenvalue weighted by molar-refractivity contribution is 0.307. The fourth-order valence-electron chi connectivity index (χ4n) is 3.19. The topological polar surface area (TPSA) is 123 Å². The van der Waals surface area contributed by atoms with E-state index in [1.165, 1.54) is 0 Å². The van der Waals surface area contributed by atoms with Gasteiger partial charge in [-0.1, -0.05) is 16.4 Å². The predicted molar refractivity (Wildman–Crippen MR) is 129 cm³/mol. The van der Waals surface area contributed by atoms with E-state index in [1.54, 1.807) is 0 Å². The van der Waals surface area contributed by atoms with Crippen LogP contribution < -0.4 is 27.4 Å². The van der Waals surface area contributed by atoms with Crippen molar-refractivity contribution in [2.45, 2.75) is 28.0 Å². The molecule has 1 aromatic heterocycles. The van der Waals surface area contributed by atoms with Crippen LogP contribution >= 0.6 is 15.9 Å². The molecule has 1 fully saturated rings. The Labute approximate surface area is 201 Å². The molecule has 3 rings (SSSR count). The Balaban J connectivity index is 1.95. The summed E-state index contributed by atoms with van der Waals surface area (Å²) in [6, 6.07) is -0.757. The number of benzene rings is 1. The van der Waals surface area contributed by atoms with Gasteiger partial charge in [0.25, 0.3) is 0 Å². The molecular formula is C14H8B7BrFN5O3S. The number of hydrogen-bond donors (Lipinski definition) is 2. The number of nitrogens with one attached hydrogen (secondary N) is 1. The molecule has 2 aromatic rings. The Bertz CT molecular complexity index is 1170. The smallest absolute Gasteiger partial charge is 0.202 e. The molecule has 0 spiro atoms. The zero-order chi connectivity index (χ0) is 24.2. The Hall–Kier alpha value is -1.56. The van der Waals surface area contributed by atoms with Gasteiger partial charge in [0.15, 0.2) is 11.5 Å². The van der Waals surface area contributed by atoms with Crippen LogP contribution in [-0.4, -0.2) is 94.6 Å². The van der Waals surface area contributed by atoms with E-state index in [1.807, 2.05) is 0 Å². The number of nitrogens with zero attached hydrogens (tertiary/aromatic N) is 3. The number of aliphatic imine (C=N–C) groups is 1. The molecule has 0 unspecified atom stereocenters. The molecule has 148 valence electrons. The summed E-state index contributed by atoms with van der Waals surface area (Å²) in [5.41, 5.74) is 4.98. The maximum atomic E-state index is 14.0. The van der Waals surface area contributed by atoms with Crippen LogP contribution in [-0.2, 0) is 9.84 Å². The maximum Gasteiger partial charge on any atom is 0.202 e. The van der Waals surface area contributed by atoms with Crippen LogP contribution in [0.25, 0.3) is 0 Å². The highest BCUT2D eigenvalue weighted by molar-refractivity contribution is 9.10. The third-order valence-electron chi connectivity index (χ3n) is 4.90. The number of hydrogen-bond acceptors (Lipinski definition) is 7. The molecular weight excluding hydrogens is 493 g/mol. The lowest BCUT2D eigenvalue weighted by Gasteiger charge is -2.46. The van der Waals surface area contributed by atoms with Gasteiger partial charge in [0, 0.05) is 10.5 Å². The number of anilines is 1. The first-order valence-corrected chi connectivity index (χ1v) is 11.0. The molecule has 0 atom stereocenters. The van der Waals surface area contributed by atoms with Crippen LogP contribution in [0, 0.1) is 5.82 Å². The van der Waals surface area contributed by atoms with E-state index in [9.17, 15) is 12.8 Å². The highest BCUT2D eigenvalue weighted by Crippen LogP contribution is 2.36. The molecule has 1 aliphatic rings. The summed E-state index contributed by atoms with van der Waals surface area (Å²) in [6.45, 7) is 0. The number of halogens is 2. The largest absolute Gasteiger partial charge is 0.382 e. The molecule has 1 saturated heterocycles. The third-order valence-corrected chi connectivity index (χ3v) is 8.01. The molecule has 1 aromatic carbocycles. The zero-order valence-electron chi connectivity index (χ0n) is 16.3. The first-order chi connectivity index (χ1) is 14.6. The van der Waals surface area contributed by atoms with Crippen molar-refractivity contribution >= 4 is 114 Å². The van der Waals surface area contributed by atoms with E-state index < -0.39 is 30.8 Å². The van der Waals surface area contributed by atoms with E-state index in [0.717, 1.165) is 0 Å². The molecule has 14 radical (unpaired) electrons. The Morgan fingerprint density at radius 3 is 2.25 bits per heavy atom. The van der Waals surface area contributed by atoms with Gasteiger partial charge in [0.05, 0.1) is 37.1 Å². The van der Waals surface area contributed by atoms with Crippen LogP contribution in [0.15, 0.2) is 14.1 Å². The molecule has 8 nitrogen and oxygen atoms in total. The van der Waals surface area contributed by atoms with Gasteiger partial charge < -0.3 is 11.1 Å². The lowest BCUT2D eigenvalue weighted by Crippen LogP contribution is -2.62. The van der Waals surface area contributed by atoms with Crippen molar-refractivity contribution in [1.82, 2.24) is 10.3 Å². The number of sulfone groups is 1. The molecule has 0 saturated carbocycles. The highest BCUT2D eigenvalue weighted by atomic mass is 79.9. The van der Waals surface area contributed by atoms with Crippen molar-refractivity contribution in [1.29, 1.82) is 0 Å². The first kappa shape index (κ1) is 25.1. The van der Waals surface area contributed by atoms with Gasteiger partial charge in [-0.05, 0) is 48.2 Å². The number of amidine groups is 1. The van der Waals surface area contributed by atoms with Crippen molar-refractivity contribution in [3.05, 3.63) is 16.0 Å². The molecule has 0 aliphatic carbocycles. The Morgan fingerprint density at radius 1 is 1.12 bits per heavy atom. The number of rotatable bonds is 4. The minimum Gasteiger partial charge on any atom is -0.382 e. The summed E-state index contributed by atoms with van der Waals surface area (Å²) in [4.78, 5) is 4.07. The average Bonchev–Trinajstić information content (AvgIpc) is 3.14. The molecule has 3 N–H and O–H groups in total. The minimum atomic E-state index is -4.25. The highest BCUT2D eigenvalue weighted by Gasteiger charge is 2.50. The van der Waals surface area contributed by atoms with Crippen LogP contribution in [0.4, 0.5) is 15.9 Å².